The highest BCUT2D eigenvalue weighted by Gasteiger charge is 2.30. The number of aromatic nitrogens is 4. The van der Waals surface area contributed by atoms with Crippen molar-refractivity contribution in [3.8, 4) is 0 Å². The molecule has 2 rings (SSSR count). The molecular weight excluding hydrogens is 298 g/mol. The maximum absolute atomic E-state index is 12.5. The van der Waals surface area contributed by atoms with E-state index in [4.69, 9.17) is 0 Å². The van der Waals surface area contributed by atoms with Gasteiger partial charge in [0, 0.05) is 18.7 Å². The van der Waals surface area contributed by atoms with Gasteiger partial charge >= 0.3 is 0 Å². The summed E-state index contributed by atoms with van der Waals surface area (Å²) in [5, 5.41) is 12.8. The van der Waals surface area contributed by atoms with Crippen LogP contribution in [0.25, 0.3) is 0 Å². The maximum atomic E-state index is 12.5. The summed E-state index contributed by atoms with van der Waals surface area (Å²) < 4.78 is 28.9. The molecule has 2 aromatic heterocycles. The van der Waals surface area contributed by atoms with Gasteiger partial charge in [0.25, 0.3) is 10.0 Å². The van der Waals surface area contributed by atoms with E-state index in [1.54, 1.807) is 14.0 Å². The normalized spacial score (nSPS) is 12.7. The summed E-state index contributed by atoms with van der Waals surface area (Å²) in [5.41, 5.74) is 0.149. The topological polar surface area (TPSA) is 89.8 Å². The largest absolute Gasteiger partial charge is 0.274 e. The molecule has 0 atom stereocenters. The standard InChI is InChI=1S/C11H17N5O2S2/c1-7-12-13-10(19-7)15-20(17,18)8-6-16(5)14-9(8)11(2,3)4/h6H,1-5H3,(H,13,15). The Morgan fingerprint density at radius 1 is 1.30 bits per heavy atom. The van der Waals surface area contributed by atoms with Crippen molar-refractivity contribution in [1.82, 2.24) is 20.0 Å². The van der Waals surface area contributed by atoms with E-state index in [1.165, 1.54) is 22.2 Å². The van der Waals surface area contributed by atoms with Gasteiger partial charge in [0.15, 0.2) is 0 Å². The summed E-state index contributed by atoms with van der Waals surface area (Å²) in [6, 6.07) is 0. The second kappa shape index (κ2) is 4.81. The maximum Gasteiger partial charge on any atom is 0.267 e. The summed E-state index contributed by atoms with van der Waals surface area (Å²) >= 11 is 1.19. The first-order chi connectivity index (χ1) is 9.09. The van der Waals surface area contributed by atoms with Crippen LogP contribution < -0.4 is 4.72 Å². The molecule has 0 bridgehead atoms. The van der Waals surface area contributed by atoms with Crippen molar-refractivity contribution in [3.05, 3.63) is 16.9 Å². The molecule has 0 aliphatic rings. The monoisotopic (exact) mass is 315 g/mol. The average molecular weight is 315 g/mol. The van der Waals surface area contributed by atoms with Crippen molar-refractivity contribution in [2.45, 2.75) is 38.0 Å². The molecule has 2 aromatic rings. The van der Waals surface area contributed by atoms with E-state index in [0.29, 0.717) is 10.7 Å². The molecule has 0 radical (unpaired) electrons. The van der Waals surface area contributed by atoms with E-state index >= 15 is 0 Å². The predicted octanol–water partition coefficient (Wildman–Crippen LogP) is 1.68. The van der Waals surface area contributed by atoms with E-state index in [-0.39, 0.29) is 15.4 Å². The number of nitrogens with one attached hydrogen (secondary N) is 1. The fourth-order valence-electron chi connectivity index (χ4n) is 1.69. The second-order valence-corrected chi connectivity index (χ2v) is 8.33. The van der Waals surface area contributed by atoms with Crippen LogP contribution in [0.2, 0.25) is 0 Å². The molecular formula is C11H17N5O2S2. The number of rotatable bonds is 3. The zero-order valence-electron chi connectivity index (χ0n) is 12.0. The molecule has 20 heavy (non-hydrogen) atoms. The van der Waals surface area contributed by atoms with E-state index in [2.05, 4.69) is 20.0 Å². The van der Waals surface area contributed by atoms with Gasteiger partial charge in [-0.15, -0.1) is 10.2 Å². The van der Waals surface area contributed by atoms with Gasteiger partial charge in [-0.05, 0) is 6.92 Å². The molecule has 0 aliphatic carbocycles. The Bertz CT molecular complexity index is 724. The molecule has 110 valence electrons. The number of aryl methyl sites for hydroxylation is 2. The molecule has 0 aliphatic heterocycles. The second-order valence-electron chi connectivity index (χ2n) is 5.50. The van der Waals surface area contributed by atoms with Crippen LogP contribution in [-0.2, 0) is 22.5 Å². The fraction of sp³-hybridized carbons (Fsp3) is 0.545. The molecule has 0 aromatic carbocycles. The van der Waals surface area contributed by atoms with Gasteiger partial charge < -0.3 is 0 Å². The third-order valence-electron chi connectivity index (χ3n) is 2.54. The number of nitrogens with zero attached hydrogens (tertiary/aromatic N) is 4. The van der Waals surface area contributed by atoms with Crippen LogP contribution in [0, 0.1) is 6.92 Å². The minimum absolute atomic E-state index is 0.167. The van der Waals surface area contributed by atoms with Crippen LogP contribution >= 0.6 is 11.3 Å². The van der Waals surface area contributed by atoms with Gasteiger partial charge in [-0.3, -0.25) is 9.40 Å². The summed E-state index contributed by atoms with van der Waals surface area (Å²) in [7, 11) is -2.02. The first-order valence-electron chi connectivity index (χ1n) is 5.96. The van der Waals surface area contributed by atoms with Crippen molar-refractivity contribution in [1.29, 1.82) is 0 Å². The average Bonchev–Trinajstić information content (AvgIpc) is 2.84. The smallest absolute Gasteiger partial charge is 0.267 e. The fourth-order valence-corrected chi connectivity index (χ4v) is 3.90. The minimum atomic E-state index is -3.72. The lowest BCUT2D eigenvalue weighted by molar-refractivity contribution is 0.539. The van der Waals surface area contributed by atoms with E-state index in [9.17, 15) is 8.42 Å². The molecule has 0 amide bonds. The molecule has 9 heteroatoms. The lowest BCUT2D eigenvalue weighted by Gasteiger charge is -2.17. The molecule has 1 N–H and O–H groups in total. The van der Waals surface area contributed by atoms with Gasteiger partial charge in [0.1, 0.15) is 9.90 Å². The minimum Gasteiger partial charge on any atom is -0.274 e. The van der Waals surface area contributed by atoms with Crippen LogP contribution in [-0.4, -0.2) is 28.4 Å². The first-order valence-corrected chi connectivity index (χ1v) is 8.26. The van der Waals surface area contributed by atoms with E-state index in [0.717, 1.165) is 0 Å². The number of sulfonamides is 1. The highest BCUT2D eigenvalue weighted by molar-refractivity contribution is 7.93. The van der Waals surface area contributed by atoms with Gasteiger partial charge in [-0.1, -0.05) is 32.1 Å². The third kappa shape index (κ3) is 2.98. The van der Waals surface area contributed by atoms with Gasteiger partial charge in [0.05, 0.1) is 5.69 Å². The zero-order valence-corrected chi connectivity index (χ0v) is 13.6. The van der Waals surface area contributed by atoms with Crippen LogP contribution in [0.15, 0.2) is 11.1 Å². The predicted molar refractivity (Wildman–Crippen MR) is 77.4 cm³/mol. The van der Waals surface area contributed by atoms with Crippen molar-refractivity contribution >= 4 is 26.5 Å². The molecule has 2 heterocycles. The SMILES string of the molecule is Cc1nnc(NS(=O)(=O)c2cn(C)nc2C(C)(C)C)s1. The van der Waals surface area contributed by atoms with Crippen LogP contribution in [0.4, 0.5) is 5.13 Å². The Balaban J connectivity index is 2.44. The molecule has 0 saturated carbocycles. The van der Waals surface area contributed by atoms with Crippen LogP contribution in [0.1, 0.15) is 31.5 Å². The van der Waals surface area contributed by atoms with Gasteiger partial charge in [-0.25, -0.2) is 8.42 Å². The highest BCUT2D eigenvalue weighted by atomic mass is 32.2. The number of hydrogen-bond donors (Lipinski definition) is 1. The Labute approximate surface area is 122 Å². The van der Waals surface area contributed by atoms with Crippen molar-refractivity contribution in [2.24, 2.45) is 7.05 Å². The molecule has 0 fully saturated rings. The van der Waals surface area contributed by atoms with Crippen molar-refractivity contribution < 1.29 is 8.42 Å². The van der Waals surface area contributed by atoms with Gasteiger partial charge in [0.2, 0.25) is 5.13 Å². The van der Waals surface area contributed by atoms with Crippen molar-refractivity contribution in [3.63, 3.8) is 0 Å². The number of anilines is 1. The Kier molecular flexibility index (Phi) is 3.59. The van der Waals surface area contributed by atoms with Crippen molar-refractivity contribution in [2.75, 3.05) is 4.72 Å². The third-order valence-corrected chi connectivity index (χ3v) is 4.77. The molecule has 0 unspecified atom stereocenters. The lowest BCUT2D eigenvalue weighted by Crippen LogP contribution is -2.20. The quantitative estimate of drug-likeness (QED) is 0.930. The van der Waals surface area contributed by atoms with E-state index < -0.39 is 10.0 Å². The Morgan fingerprint density at radius 3 is 2.45 bits per heavy atom. The van der Waals surface area contributed by atoms with Gasteiger partial charge in [-0.2, -0.15) is 5.10 Å². The summed E-state index contributed by atoms with van der Waals surface area (Å²) in [6.45, 7) is 7.52. The lowest BCUT2D eigenvalue weighted by atomic mass is 9.92. The molecule has 7 nitrogen and oxygen atoms in total. The first kappa shape index (κ1) is 14.9. The summed E-state index contributed by atoms with van der Waals surface area (Å²) in [5.74, 6) is 0. The summed E-state index contributed by atoms with van der Waals surface area (Å²) in [6.07, 6.45) is 1.50. The van der Waals surface area contributed by atoms with Crippen LogP contribution in [0.5, 0.6) is 0 Å². The molecule has 0 spiro atoms. The number of hydrogen-bond acceptors (Lipinski definition) is 6. The molecule has 0 saturated heterocycles. The Morgan fingerprint density at radius 2 is 1.95 bits per heavy atom. The highest BCUT2D eigenvalue weighted by Crippen LogP contribution is 2.29. The zero-order chi connectivity index (χ0) is 15.1. The van der Waals surface area contributed by atoms with Crippen LogP contribution in [0.3, 0.4) is 0 Å². The van der Waals surface area contributed by atoms with E-state index in [1.807, 2.05) is 20.8 Å². The Hall–Kier alpha value is -1.48. The summed E-state index contributed by atoms with van der Waals surface area (Å²) in [4.78, 5) is 0.167.